The number of carbonyl (C=O) groups is 1. The first-order valence-corrected chi connectivity index (χ1v) is 4.98. The molecule has 0 aromatic heterocycles. The highest BCUT2D eigenvalue weighted by Crippen LogP contribution is 2.41. The molecule has 0 aliphatic heterocycles. The molecule has 0 atom stereocenters. The molecular weight excluding hydrogens is 176 g/mol. The van der Waals surface area contributed by atoms with Crippen molar-refractivity contribution < 1.29 is 9.53 Å². The lowest BCUT2D eigenvalue weighted by atomic mass is 10.1. The molecule has 0 unspecified atom stereocenters. The Morgan fingerprint density at radius 2 is 2.36 bits per heavy atom. The second-order valence-electron chi connectivity index (χ2n) is 3.56. The molecule has 1 saturated carbocycles. The van der Waals surface area contributed by atoms with Crippen molar-refractivity contribution in [2.24, 2.45) is 0 Å². The molecule has 2 heteroatoms. The molecule has 0 bridgehead atoms. The van der Waals surface area contributed by atoms with Gasteiger partial charge in [0.2, 0.25) is 0 Å². The molecule has 1 aromatic carbocycles. The van der Waals surface area contributed by atoms with Crippen molar-refractivity contribution in [3.05, 3.63) is 29.3 Å². The molecule has 2 nitrogen and oxygen atoms in total. The molecule has 1 aliphatic carbocycles. The third kappa shape index (κ3) is 1.95. The summed E-state index contributed by atoms with van der Waals surface area (Å²) >= 11 is 0. The van der Waals surface area contributed by atoms with Crippen molar-refractivity contribution in [1.29, 1.82) is 0 Å². The van der Waals surface area contributed by atoms with Crippen LogP contribution in [0.15, 0.2) is 12.1 Å². The number of hydrogen-bond donors (Lipinski definition) is 0. The largest absolute Gasteiger partial charge is 0.493 e. The van der Waals surface area contributed by atoms with E-state index in [-0.39, 0.29) is 0 Å². The Morgan fingerprint density at radius 1 is 1.57 bits per heavy atom. The van der Waals surface area contributed by atoms with Gasteiger partial charge in [-0.05, 0) is 43.4 Å². The van der Waals surface area contributed by atoms with E-state index in [1.54, 1.807) is 6.07 Å². The molecule has 2 rings (SSSR count). The van der Waals surface area contributed by atoms with Crippen LogP contribution in [0.2, 0.25) is 0 Å². The molecule has 73 valence electrons. The summed E-state index contributed by atoms with van der Waals surface area (Å²) in [7, 11) is 0. The molecular formula is C12H13O2. The smallest absolute Gasteiger partial charge is 0.150 e. The topological polar surface area (TPSA) is 26.3 Å². The number of carbonyl (C=O) groups excluding carboxylic acids is 1. The van der Waals surface area contributed by atoms with Crippen molar-refractivity contribution in [1.82, 2.24) is 0 Å². The van der Waals surface area contributed by atoms with Gasteiger partial charge in [-0.25, -0.2) is 0 Å². The lowest BCUT2D eigenvalue weighted by molar-refractivity contribution is 0.112. The summed E-state index contributed by atoms with van der Waals surface area (Å²) in [5.41, 5.74) is 1.81. The summed E-state index contributed by atoms with van der Waals surface area (Å²) in [6, 6.07) is 6.85. The molecule has 14 heavy (non-hydrogen) atoms. The molecule has 1 aromatic rings. The third-order valence-corrected chi connectivity index (χ3v) is 2.34. The Kier molecular flexibility index (Phi) is 2.53. The van der Waals surface area contributed by atoms with Crippen LogP contribution in [0.5, 0.6) is 5.75 Å². The van der Waals surface area contributed by atoms with Crippen molar-refractivity contribution >= 4 is 6.29 Å². The van der Waals surface area contributed by atoms with Gasteiger partial charge in [0, 0.05) is 11.6 Å². The highest BCUT2D eigenvalue weighted by atomic mass is 16.5. The average Bonchev–Trinajstić information content (AvgIpc) is 3.01. The van der Waals surface area contributed by atoms with Gasteiger partial charge in [-0.3, -0.25) is 4.79 Å². The minimum Gasteiger partial charge on any atom is -0.493 e. The number of benzene rings is 1. The number of hydrogen-bond acceptors (Lipinski definition) is 2. The van der Waals surface area contributed by atoms with Gasteiger partial charge in [-0.2, -0.15) is 0 Å². The van der Waals surface area contributed by atoms with Crippen LogP contribution >= 0.6 is 0 Å². The Bertz CT molecular complexity index is 340. The van der Waals surface area contributed by atoms with E-state index in [2.05, 4.69) is 6.07 Å². The van der Waals surface area contributed by atoms with Crippen LogP contribution < -0.4 is 4.74 Å². The van der Waals surface area contributed by atoms with Crippen molar-refractivity contribution in [3.63, 3.8) is 0 Å². The average molecular weight is 189 g/mol. The molecule has 1 fully saturated rings. The number of rotatable bonds is 4. The van der Waals surface area contributed by atoms with Crippen LogP contribution in [0.25, 0.3) is 0 Å². The predicted octanol–water partition coefficient (Wildman–Crippen LogP) is 2.58. The molecule has 0 N–H and O–H groups in total. The number of aldehydes is 1. The van der Waals surface area contributed by atoms with Crippen LogP contribution in [0.4, 0.5) is 0 Å². The summed E-state index contributed by atoms with van der Waals surface area (Å²) < 4.78 is 5.35. The molecule has 0 amide bonds. The van der Waals surface area contributed by atoms with Gasteiger partial charge in [0.15, 0.2) is 0 Å². The van der Waals surface area contributed by atoms with E-state index < -0.39 is 0 Å². The zero-order valence-electron chi connectivity index (χ0n) is 8.25. The van der Waals surface area contributed by atoms with Gasteiger partial charge < -0.3 is 4.74 Å². The standard InChI is InChI=1S/C12H13O2/c1-2-14-12-6-9(8-13)5-11(7-12)10-3-4-10/h5-6,8,10H,2-4H2,1H3. The van der Waals surface area contributed by atoms with Crippen molar-refractivity contribution in [2.75, 3.05) is 6.61 Å². The molecule has 0 heterocycles. The highest BCUT2D eigenvalue weighted by molar-refractivity contribution is 5.76. The molecule has 1 radical (unpaired) electrons. The Labute approximate surface area is 83.9 Å². The van der Waals surface area contributed by atoms with E-state index in [9.17, 15) is 4.79 Å². The van der Waals surface area contributed by atoms with Gasteiger partial charge in [-0.1, -0.05) is 0 Å². The van der Waals surface area contributed by atoms with E-state index in [1.807, 2.05) is 13.0 Å². The summed E-state index contributed by atoms with van der Waals surface area (Å²) in [5.74, 6) is 1.30. The third-order valence-electron chi connectivity index (χ3n) is 2.34. The zero-order valence-corrected chi connectivity index (χ0v) is 8.25. The highest BCUT2D eigenvalue weighted by Gasteiger charge is 2.24. The van der Waals surface area contributed by atoms with Crippen molar-refractivity contribution in [3.8, 4) is 5.75 Å². The lowest BCUT2D eigenvalue weighted by Gasteiger charge is -2.05. The first-order chi connectivity index (χ1) is 6.83. The first kappa shape index (κ1) is 9.25. The second-order valence-corrected chi connectivity index (χ2v) is 3.56. The first-order valence-electron chi connectivity index (χ1n) is 4.98. The Morgan fingerprint density at radius 3 is 2.93 bits per heavy atom. The fourth-order valence-electron chi connectivity index (χ4n) is 1.50. The quantitative estimate of drug-likeness (QED) is 0.680. The zero-order chi connectivity index (χ0) is 9.97. The fourth-order valence-corrected chi connectivity index (χ4v) is 1.50. The fraction of sp³-hybridized carbons (Fsp3) is 0.417. The minimum atomic E-state index is 0.606. The van der Waals surface area contributed by atoms with Gasteiger partial charge >= 0.3 is 0 Å². The maximum Gasteiger partial charge on any atom is 0.150 e. The van der Waals surface area contributed by atoms with Gasteiger partial charge in [0.1, 0.15) is 12.0 Å². The van der Waals surface area contributed by atoms with Gasteiger partial charge in [0.05, 0.1) is 6.61 Å². The van der Waals surface area contributed by atoms with Crippen molar-refractivity contribution in [2.45, 2.75) is 25.7 Å². The van der Waals surface area contributed by atoms with E-state index in [4.69, 9.17) is 4.74 Å². The van der Waals surface area contributed by atoms with Crippen LogP contribution in [0, 0.1) is 6.07 Å². The normalized spacial score (nSPS) is 15.2. The maximum absolute atomic E-state index is 10.7. The van der Waals surface area contributed by atoms with Crippen LogP contribution in [-0.2, 0) is 0 Å². The van der Waals surface area contributed by atoms with E-state index in [0.717, 1.165) is 11.8 Å². The summed E-state index contributed by atoms with van der Waals surface area (Å²) in [5, 5.41) is 0. The lowest BCUT2D eigenvalue weighted by Crippen LogP contribution is -1.95. The monoisotopic (exact) mass is 189 g/mol. The van der Waals surface area contributed by atoms with Gasteiger partial charge in [-0.15, -0.1) is 0 Å². The van der Waals surface area contributed by atoms with Crippen LogP contribution in [0.3, 0.4) is 0 Å². The van der Waals surface area contributed by atoms with E-state index >= 15 is 0 Å². The number of ether oxygens (including phenoxy) is 1. The molecule has 0 saturated heterocycles. The molecule has 0 spiro atoms. The second kappa shape index (κ2) is 3.82. The van der Waals surface area contributed by atoms with E-state index in [1.165, 1.54) is 12.8 Å². The predicted molar refractivity (Wildman–Crippen MR) is 53.8 cm³/mol. The van der Waals surface area contributed by atoms with Crippen LogP contribution in [-0.4, -0.2) is 12.9 Å². The summed E-state index contributed by atoms with van der Waals surface area (Å²) in [4.78, 5) is 10.7. The van der Waals surface area contributed by atoms with Crippen LogP contribution in [0.1, 0.15) is 41.6 Å². The van der Waals surface area contributed by atoms with Gasteiger partial charge in [0.25, 0.3) is 0 Å². The van der Waals surface area contributed by atoms with E-state index in [0.29, 0.717) is 23.8 Å². The summed E-state index contributed by atoms with van der Waals surface area (Å²) in [6.07, 6.45) is 3.29. The molecule has 1 aliphatic rings. The maximum atomic E-state index is 10.7. The minimum absolute atomic E-state index is 0.606. The summed E-state index contributed by atoms with van der Waals surface area (Å²) in [6.45, 7) is 2.54. The Hall–Kier alpha value is -1.31. The Balaban J connectivity index is 2.30. The SMILES string of the molecule is CCOc1[c]c(C2CC2)cc(C=O)c1.